The van der Waals surface area contributed by atoms with Crippen LogP contribution in [0.4, 0.5) is 11.4 Å². The lowest BCUT2D eigenvalue weighted by Crippen LogP contribution is -2.35. The minimum absolute atomic E-state index is 0.0324. The van der Waals surface area contributed by atoms with Gasteiger partial charge in [0.2, 0.25) is 5.91 Å². The predicted molar refractivity (Wildman–Crippen MR) is 89.1 cm³/mol. The summed E-state index contributed by atoms with van der Waals surface area (Å²) in [5.74, 6) is 0.145. The van der Waals surface area contributed by atoms with Gasteiger partial charge in [-0.25, -0.2) is 0 Å². The Morgan fingerprint density at radius 2 is 1.86 bits per heavy atom. The van der Waals surface area contributed by atoms with Crippen LogP contribution >= 0.6 is 11.8 Å². The summed E-state index contributed by atoms with van der Waals surface area (Å²) >= 11 is 1.72. The molecule has 1 amide bonds. The number of nitrogens with one attached hydrogen (secondary N) is 1. The van der Waals surface area contributed by atoms with E-state index < -0.39 is 0 Å². The lowest BCUT2D eigenvalue weighted by atomic mass is 9.96. The first-order valence-corrected chi connectivity index (χ1v) is 8.17. The van der Waals surface area contributed by atoms with Crippen molar-refractivity contribution in [3.05, 3.63) is 54.1 Å². The average molecular weight is 298 g/mol. The van der Waals surface area contributed by atoms with Gasteiger partial charge in [0.25, 0.3) is 0 Å². The largest absolute Gasteiger partial charge is 0.378 e. The van der Waals surface area contributed by atoms with Crippen molar-refractivity contribution in [1.29, 1.82) is 0 Å². The first-order chi connectivity index (χ1) is 10.2. The minimum Gasteiger partial charge on any atom is -0.378 e. The molecule has 4 heteroatoms. The number of benzene rings is 2. The van der Waals surface area contributed by atoms with Gasteiger partial charge in [-0.3, -0.25) is 4.79 Å². The van der Waals surface area contributed by atoms with Crippen molar-refractivity contribution in [2.24, 2.45) is 0 Å². The van der Waals surface area contributed by atoms with Crippen LogP contribution in [-0.4, -0.2) is 19.2 Å². The molecule has 2 aromatic rings. The van der Waals surface area contributed by atoms with Gasteiger partial charge in [-0.2, -0.15) is 0 Å². The number of carbonyl (C=O) groups excluding carboxylic acids is 1. The monoisotopic (exact) mass is 298 g/mol. The third-order valence-corrected chi connectivity index (χ3v) is 4.60. The Morgan fingerprint density at radius 1 is 1.14 bits per heavy atom. The summed E-state index contributed by atoms with van der Waals surface area (Å²) in [6, 6.07) is 16.4. The molecule has 0 saturated heterocycles. The van der Waals surface area contributed by atoms with Crippen molar-refractivity contribution in [1.82, 2.24) is 0 Å². The Morgan fingerprint density at radius 3 is 2.57 bits per heavy atom. The smallest absolute Gasteiger partial charge is 0.229 e. The summed E-state index contributed by atoms with van der Waals surface area (Å²) in [5.41, 5.74) is 3.21. The lowest BCUT2D eigenvalue weighted by molar-refractivity contribution is -0.118. The molecular weight excluding hydrogens is 280 g/mol. The molecule has 1 unspecified atom stereocenters. The number of carbonyl (C=O) groups is 1. The highest BCUT2D eigenvalue weighted by Gasteiger charge is 2.28. The second kappa shape index (κ2) is 5.82. The molecule has 1 atom stereocenters. The van der Waals surface area contributed by atoms with Crippen LogP contribution in [0.3, 0.4) is 0 Å². The van der Waals surface area contributed by atoms with Crippen LogP contribution in [0.2, 0.25) is 0 Å². The molecule has 21 heavy (non-hydrogen) atoms. The van der Waals surface area contributed by atoms with Gasteiger partial charge < -0.3 is 10.2 Å². The van der Waals surface area contributed by atoms with Crippen LogP contribution in [0.15, 0.2) is 53.4 Å². The first kappa shape index (κ1) is 14.0. The van der Waals surface area contributed by atoms with E-state index >= 15 is 0 Å². The van der Waals surface area contributed by atoms with Crippen LogP contribution in [0.25, 0.3) is 0 Å². The Hall–Kier alpha value is -1.94. The van der Waals surface area contributed by atoms with Gasteiger partial charge in [0, 0.05) is 23.3 Å². The Labute approximate surface area is 129 Å². The van der Waals surface area contributed by atoms with Crippen molar-refractivity contribution in [3.8, 4) is 0 Å². The second-order valence-corrected chi connectivity index (χ2v) is 6.02. The van der Waals surface area contributed by atoms with Crippen LogP contribution in [0.1, 0.15) is 18.0 Å². The summed E-state index contributed by atoms with van der Waals surface area (Å²) in [5, 5.41) is 3.48. The third kappa shape index (κ3) is 2.76. The zero-order valence-corrected chi connectivity index (χ0v) is 13.0. The van der Waals surface area contributed by atoms with Gasteiger partial charge in [-0.1, -0.05) is 18.2 Å². The van der Waals surface area contributed by atoms with Crippen molar-refractivity contribution in [2.45, 2.75) is 17.4 Å². The second-order valence-electron chi connectivity index (χ2n) is 5.14. The van der Waals surface area contributed by atoms with Crippen LogP contribution < -0.4 is 10.2 Å². The summed E-state index contributed by atoms with van der Waals surface area (Å²) in [4.78, 5) is 15.1. The maximum absolute atomic E-state index is 12.1. The fraction of sp³-hybridized carbons (Fsp3) is 0.235. The molecule has 0 spiro atoms. The minimum atomic E-state index is 0.0324. The van der Waals surface area contributed by atoms with Crippen LogP contribution in [0.5, 0.6) is 0 Å². The molecule has 0 bridgehead atoms. The number of rotatable bonds is 3. The maximum atomic E-state index is 12.1. The standard InChI is InChI=1S/C17H18N2OS/c1-19-16-6-4-3-5-14(16)15(11-17(19)20)18-12-7-9-13(21-2)10-8-12/h3-10,15,18H,11H2,1-2H3. The number of para-hydroxylation sites is 1. The number of amides is 1. The van der Waals surface area contributed by atoms with E-state index in [0.29, 0.717) is 6.42 Å². The lowest BCUT2D eigenvalue weighted by Gasteiger charge is -2.32. The highest BCUT2D eigenvalue weighted by Crippen LogP contribution is 2.35. The molecule has 0 saturated carbocycles. The molecule has 0 aromatic heterocycles. The highest BCUT2D eigenvalue weighted by atomic mass is 32.2. The van der Waals surface area contributed by atoms with E-state index in [2.05, 4.69) is 41.9 Å². The topological polar surface area (TPSA) is 32.3 Å². The van der Waals surface area contributed by atoms with E-state index in [1.165, 1.54) is 10.5 Å². The van der Waals surface area contributed by atoms with Crippen molar-refractivity contribution in [2.75, 3.05) is 23.5 Å². The van der Waals surface area contributed by atoms with Crippen LogP contribution in [-0.2, 0) is 4.79 Å². The molecule has 1 aliphatic heterocycles. The summed E-state index contributed by atoms with van der Waals surface area (Å²) in [6.07, 6.45) is 2.55. The van der Waals surface area contributed by atoms with Crippen LogP contribution in [0, 0.1) is 0 Å². The van der Waals surface area contributed by atoms with Gasteiger partial charge in [-0.05, 0) is 42.2 Å². The van der Waals surface area contributed by atoms with E-state index in [0.717, 1.165) is 11.4 Å². The van der Waals surface area contributed by atoms with Crippen molar-refractivity contribution < 1.29 is 4.79 Å². The van der Waals surface area contributed by atoms with E-state index in [9.17, 15) is 4.79 Å². The predicted octanol–water partition coefficient (Wildman–Crippen LogP) is 3.93. The number of hydrogen-bond donors (Lipinski definition) is 1. The average Bonchev–Trinajstić information content (AvgIpc) is 2.53. The van der Waals surface area contributed by atoms with E-state index in [-0.39, 0.29) is 11.9 Å². The molecule has 0 aliphatic carbocycles. The van der Waals surface area contributed by atoms with E-state index in [4.69, 9.17) is 0 Å². The fourth-order valence-electron chi connectivity index (χ4n) is 2.66. The van der Waals surface area contributed by atoms with Gasteiger partial charge in [0.1, 0.15) is 0 Å². The molecule has 1 aliphatic rings. The van der Waals surface area contributed by atoms with E-state index in [1.54, 1.807) is 16.7 Å². The first-order valence-electron chi connectivity index (χ1n) is 6.95. The molecule has 108 valence electrons. The highest BCUT2D eigenvalue weighted by molar-refractivity contribution is 7.98. The SMILES string of the molecule is CSc1ccc(NC2CC(=O)N(C)c3ccccc32)cc1. The summed E-state index contributed by atoms with van der Waals surface area (Å²) in [6.45, 7) is 0. The normalized spacial score (nSPS) is 17.5. The Bertz CT molecular complexity index is 654. The number of fused-ring (bicyclic) bond motifs is 1. The molecule has 0 radical (unpaired) electrons. The molecule has 3 rings (SSSR count). The quantitative estimate of drug-likeness (QED) is 0.871. The van der Waals surface area contributed by atoms with Gasteiger partial charge in [0.15, 0.2) is 0 Å². The molecule has 3 nitrogen and oxygen atoms in total. The van der Waals surface area contributed by atoms with E-state index in [1.807, 2.05) is 25.2 Å². The Balaban J connectivity index is 1.88. The number of nitrogens with zero attached hydrogens (tertiary/aromatic N) is 1. The number of thioether (sulfide) groups is 1. The summed E-state index contributed by atoms with van der Waals surface area (Å²) in [7, 11) is 1.84. The van der Waals surface area contributed by atoms with Crippen molar-refractivity contribution in [3.63, 3.8) is 0 Å². The molecule has 1 heterocycles. The number of anilines is 2. The third-order valence-electron chi connectivity index (χ3n) is 3.86. The van der Waals surface area contributed by atoms with Gasteiger partial charge in [0.05, 0.1) is 12.5 Å². The zero-order chi connectivity index (χ0) is 14.8. The Kier molecular flexibility index (Phi) is 3.88. The molecular formula is C17H18N2OS. The van der Waals surface area contributed by atoms with Gasteiger partial charge >= 0.3 is 0 Å². The van der Waals surface area contributed by atoms with Gasteiger partial charge in [-0.15, -0.1) is 11.8 Å². The maximum Gasteiger partial charge on any atom is 0.229 e. The molecule has 0 fully saturated rings. The molecule has 2 aromatic carbocycles. The van der Waals surface area contributed by atoms with Crippen molar-refractivity contribution >= 4 is 29.0 Å². The molecule has 1 N–H and O–H groups in total. The number of hydrogen-bond acceptors (Lipinski definition) is 3. The summed E-state index contributed by atoms with van der Waals surface area (Å²) < 4.78 is 0. The zero-order valence-electron chi connectivity index (χ0n) is 12.2. The fourth-order valence-corrected chi connectivity index (χ4v) is 3.07.